The number of likely N-dealkylation sites (tertiary alicyclic amines) is 1. The number of aromatic hydroxyl groups is 1. The summed E-state index contributed by atoms with van der Waals surface area (Å²) in [5, 5.41) is 14.6. The molecular formula is C22H22FN3O3. The molecular weight excluding hydrogens is 373 g/mol. The first-order valence-electron chi connectivity index (χ1n) is 9.65. The molecule has 1 atom stereocenters. The van der Waals surface area contributed by atoms with Crippen molar-refractivity contribution < 1.29 is 19.0 Å². The Morgan fingerprint density at radius 3 is 2.62 bits per heavy atom. The summed E-state index contributed by atoms with van der Waals surface area (Å²) in [6.07, 6.45) is 3.09. The van der Waals surface area contributed by atoms with Gasteiger partial charge in [-0.3, -0.25) is 4.79 Å². The third kappa shape index (κ3) is 3.81. The molecule has 0 saturated carbocycles. The van der Waals surface area contributed by atoms with Crippen LogP contribution < -0.4 is 4.74 Å². The Bertz CT molecular complexity index is 999. The smallest absolute Gasteiger partial charge is 0.278 e. The van der Waals surface area contributed by atoms with Crippen molar-refractivity contribution in [2.75, 3.05) is 13.2 Å². The first-order valence-corrected chi connectivity index (χ1v) is 9.65. The zero-order valence-corrected chi connectivity index (χ0v) is 16.1. The van der Waals surface area contributed by atoms with E-state index in [0.717, 1.165) is 24.2 Å². The summed E-state index contributed by atoms with van der Waals surface area (Å²) in [5.41, 5.74) is 1.58. The maximum Gasteiger partial charge on any atom is 0.278 e. The van der Waals surface area contributed by atoms with Crippen molar-refractivity contribution in [3.8, 4) is 17.2 Å². The van der Waals surface area contributed by atoms with Crippen molar-refractivity contribution in [3.63, 3.8) is 0 Å². The molecule has 6 nitrogen and oxygen atoms in total. The van der Waals surface area contributed by atoms with Gasteiger partial charge in [0.15, 0.2) is 11.4 Å². The van der Waals surface area contributed by atoms with Crippen LogP contribution in [0.1, 0.15) is 41.9 Å². The zero-order valence-electron chi connectivity index (χ0n) is 16.1. The number of amides is 1. The van der Waals surface area contributed by atoms with Crippen LogP contribution in [0.25, 0.3) is 5.69 Å². The Kier molecular flexibility index (Phi) is 5.20. The van der Waals surface area contributed by atoms with Crippen molar-refractivity contribution in [2.45, 2.75) is 25.8 Å². The highest BCUT2D eigenvalue weighted by Crippen LogP contribution is 2.35. The number of benzene rings is 2. The van der Waals surface area contributed by atoms with Gasteiger partial charge in [0, 0.05) is 6.54 Å². The molecule has 1 N–H and O–H groups in total. The lowest BCUT2D eigenvalue weighted by molar-refractivity contribution is 0.0726. The van der Waals surface area contributed by atoms with Crippen LogP contribution in [0.15, 0.2) is 54.7 Å². The molecule has 0 radical (unpaired) electrons. The monoisotopic (exact) mass is 395 g/mol. The van der Waals surface area contributed by atoms with Crippen LogP contribution in [-0.4, -0.2) is 38.8 Å². The topological polar surface area (TPSA) is 67.6 Å². The van der Waals surface area contributed by atoms with E-state index in [2.05, 4.69) is 5.10 Å². The molecule has 1 amide bonds. The predicted octanol–water partition coefficient (Wildman–Crippen LogP) is 4.09. The maximum absolute atomic E-state index is 13.1. The molecule has 29 heavy (non-hydrogen) atoms. The minimum atomic E-state index is -0.364. The van der Waals surface area contributed by atoms with Crippen molar-refractivity contribution in [2.24, 2.45) is 0 Å². The van der Waals surface area contributed by atoms with E-state index in [4.69, 9.17) is 4.74 Å². The van der Waals surface area contributed by atoms with Crippen LogP contribution in [0.4, 0.5) is 4.39 Å². The minimum Gasteiger partial charge on any atom is -0.504 e. The SMILES string of the molecule is CCOc1ccc([C@@H]2CCCN2C(=O)c2nn(-c3ccc(F)cc3)cc2O)cc1. The quantitative estimate of drug-likeness (QED) is 0.707. The maximum atomic E-state index is 13.1. The zero-order chi connectivity index (χ0) is 20.4. The molecule has 150 valence electrons. The molecule has 4 rings (SSSR count). The third-order valence-corrected chi connectivity index (χ3v) is 5.08. The van der Waals surface area contributed by atoms with Crippen LogP contribution >= 0.6 is 0 Å². The second kappa shape index (κ2) is 7.95. The molecule has 2 aromatic carbocycles. The fourth-order valence-corrected chi connectivity index (χ4v) is 3.69. The van der Waals surface area contributed by atoms with Gasteiger partial charge in [-0.15, -0.1) is 0 Å². The fourth-order valence-electron chi connectivity index (χ4n) is 3.69. The average Bonchev–Trinajstić information content (AvgIpc) is 3.36. The van der Waals surface area contributed by atoms with E-state index in [1.54, 1.807) is 4.90 Å². The summed E-state index contributed by atoms with van der Waals surface area (Å²) in [4.78, 5) is 14.9. The summed E-state index contributed by atoms with van der Waals surface area (Å²) in [5.74, 6) is -0.0871. The summed E-state index contributed by atoms with van der Waals surface area (Å²) in [7, 11) is 0. The standard InChI is InChI=1S/C22H22FN3O3/c1-2-29-18-11-5-15(6-12-18)19-4-3-13-25(19)22(28)21-20(27)14-26(24-21)17-9-7-16(23)8-10-17/h5-12,14,19,27H,2-4,13H2,1H3/t19-/m0/s1. The highest BCUT2D eigenvalue weighted by molar-refractivity contribution is 5.95. The Morgan fingerprint density at radius 1 is 1.21 bits per heavy atom. The molecule has 7 heteroatoms. The molecule has 0 spiro atoms. The number of halogens is 1. The fraction of sp³-hybridized carbons (Fsp3) is 0.273. The number of hydrogen-bond acceptors (Lipinski definition) is 4. The lowest BCUT2D eigenvalue weighted by Gasteiger charge is -2.24. The minimum absolute atomic E-state index is 0.00726. The Morgan fingerprint density at radius 2 is 1.93 bits per heavy atom. The Labute approximate surface area is 168 Å². The Balaban J connectivity index is 1.57. The number of rotatable bonds is 5. The van der Waals surface area contributed by atoms with E-state index in [-0.39, 0.29) is 29.2 Å². The highest BCUT2D eigenvalue weighted by Gasteiger charge is 2.33. The van der Waals surface area contributed by atoms with Crippen LogP contribution in [0.5, 0.6) is 11.5 Å². The van der Waals surface area contributed by atoms with E-state index < -0.39 is 0 Å². The lowest BCUT2D eigenvalue weighted by atomic mass is 10.0. The first-order chi connectivity index (χ1) is 14.1. The van der Waals surface area contributed by atoms with Gasteiger partial charge in [-0.25, -0.2) is 9.07 Å². The van der Waals surface area contributed by atoms with Crippen molar-refractivity contribution in [1.82, 2.24) is 14.7 Å². The predicted molar refractivity (Wildman–Crippen MR) is 106 cm³/mol. The molecule has 1 aromatic heterocycles. The summed E-state index contributed by atoms with van der Waals surface area (Å²) >= 11 is 0. The lowest BCUT2D eigenvalue weighted by Crippen LogP contribution is -2.31. The molecule has 0 bridgehead atoms. The van der Waals surface area contributed by atoms with Gasteiger partial charge < -0.3 is 14.7 Å². The number of carbonyl (C=O) groups excluding carboxylic acids is 1. The van der Waals surface area contributed by atoms with Crippen LogP contribution in [-0.2, 0) is 0 Å². The summed E-state index contributed by atoms with van der Waals surface area (Å²) in [6.45, 7) is 3.13. The highest BCUT2D eigenvalue weighted by atomic mass is 19.1. The molecule has 1 aliphatic rings. The average molecular weight is 395 g/mol. The van der Waals surface area contributed by atoms with Gasteiger partial charge in [-0.05, 0) is 61.7 Å². The van der Waals surface area contributed by atoms with E-state index in [9.17, 15) is 14.3 Å². The van der Waals surface area contributed by atoms with Crippen LogP contribution in [0.2, 0.25) is 0 Å². The summed E-state index contributed by atoms with van der Waals surface area (Å²) < 4.78 is 20.0. The van der Waals surface area contributed by atoms with Gasteiger partial charge in [0.1, 0.15) is 11.6 Å². The number of carbonyl (C=O) groups is 1. The van der Waals surface area contributed by atoms with Gasteiger partial charge >= 0.3 is 0 Å². The molecule has 1 saturated heterocycles. The molecule has 2 heterocycles. The van der Waals surface area contributed by atoms with Gasteiger partial charge in [0.2, 0.25) is 0 Å². The molecule has 3 aromatic rings. The van der Waals surface area contributed by atoms with E-state index in [1.165, 1.54) is 35.1 Å². The van der Waals surface area contributed by atoms with Crippen LogP contribution in [0.3, 0.4) is 0 Å². The largest absolute Gasteiger partial charge is 0.504 e. The second-order valence-electron chi connectivity index (χ2n) is 6.94. The van der Waals surface area contributed by atoms with Crippen molar-refractivity contribution in [1.29, 1.82) is 0 Å². The number of hydrogen-bond donors (Lipinski definition) is 1. The first kappa shape index (κ1) is 19.0. The van der Waals surface area contributed by atoms with Gasteiger partial charge in [-0.2, -0.15) is 5.10 Å². The van der Waals surface area contributed by atoms with Crippen LogP contribution in [0, 0.1) is 5.82 Å². The third-order valence-electron chi connectivity index (χ3n) is 5.08. The van der Waals surface area contributed by atoms with Crippen molar-refractivity contribution in [3.05, 3.63) is 71.8 Å². The summed E-state index contributed by atoms with van der Waals surface area (Å²) in [6, 6.07) is 13.4. The molecule has 1 aliphatic heterocycles. The van der Waals surface area contributed by atoms with Crippen molar-refractivity contribution >= 4 is 5.91 Å². The van der Waals surface area contributed by atoms with E-state index in [0.29, 0.717) is 18.8 Å². The number of nitrogens with zero attached hydrogens (tertiary/aromatic N) is 3. The van der Waals surface area contributed by atoms with E-state index in [1.807, 2.05) is 31.2 Å². The van der Waals surface area contributed by atoms with Gasteiger partial charge in [0.05, 0.1) is 24.5 Å². The molecule has 0 unspecified atom stereocenters. The molecule has 1 fully saturated rings. The second-order valence-corrected chi connectivity index (χ2v) is 6.94. The van der Waals surface area contributed by atoms with Gasteiger partial charge in [0.25, 0.3) is 5.91 Å². The molecule has 0 aliphatic carbocycles. The normalized spacial score (nSPS) is 16.2. The number of ether oxygens (including phenoxy) is 1. The van der Waals surface area contributed by atoms with Gasteiger partial charge in [-0.1, -0.05) is 12.1 Å². The van der Waals surface area contributed by atoms with E-state index >= 15 is 0 Å². The Hall–Kier alpha value is -3.35. The number of aromatic nitrogens is 2.